The van der Waals surface area contributed by atoms with Crippen LogP contribution < -0.4 is 0 Å². The first-order valence-corrected chi connectivity index (χ1v) is 3.01. The van der Waals surface area contributed by atoms with Gasteiger partial charge in [0, 0.05) is 0 Å². The predicted octanol–water partition coefficient (Wildman–Crippen LogP) is -0.0697. The zero-order valence-corrected chi connectivity index (χ0v) is 5.33. The maximum Gasteiger partial charge on any atom is 0.311 e. The largest absolute Gasteiger partial charge is 0.469 e. The maximum atomic E-state index is 10.6. The Labute approximate surface area is 53.6 Å². The molecule has 1 fully saturated rings. The molecule has 0 aromatic heterocycles. The van der Waals surface area contributed by atoms with E-state index < -0.39 is 6.10 Å². The SMILES string of the molecule is COC(=O)C1CCC1O. The van der Waals surface area contributed by atoms with Crippen molar-refractivity contribution in [2.24, 2.45) is 5.92 Å². The number of esters is 1. The molecule has 2 unspecified atom stereocenters. The van der Waals surface area contributed by atoms with E-state index >= 15 is 0 Å². The Morgan fingerprint density at radius 3 is 2.44 bits per heavy atom. The van der Waals surface area contributed by atoms with E-state index in [-0.39, 0.29) is 11.9 Å². The molecule has 1 rings (SSSR count). The number of hydrogen-bond donors (Lipinski definition) is 1. The summed E-state index contributed by atoms with van der Waals surface area (Å²) in [7, 11) is 1.34. The summed E-state index contributed by atoms with van der Waals surface area (Å²) in [5.74, 6) is -0.524. The van der Waals surface area contributed by atoms with Crippen molar-refractivity contribution in [1.29, 1.82) is 0 Å². The van der Waals surface area contributed by atoms with Crippen LogP contribution in [-0.2, 0) is 9.53 Å². The molecule has 52 valence electrons. The predicted molar refractivity (Wildman–Crippen MR) is 30.7 cm³/mol. The van der Waals surface area contributed by atoms with Crippen molar-refractivity contribution in [3.63, 3.8) is 0 Å². The highest BCUT2D eigenvalue weighted by atomic mass is 16.5. The molecule has 0 bridgehead atoms. The van der Waals surface area contributed by atoms with E-state index in [2.05, 4.69) is 4.74 Å². The van der Waals surface area contributed by atoms with Crippen LogP contribution >= 0.6 is 0 Å². The fourth-order valence-corrected chi connectivity index (χ4v) is 0.909. The summed E-state index contributed by atoms with van der Waals surface area (Å²) in [5.41, 5.74) is 0. The average Bonchev–Trinajstić information content (AvgIpc) is 1.84. The van der Waals surface area contributed by atoms with Gasteiger partial charge in [-0.3, -0.25) is 4.79 Å². The second kappa shape index (κ2) is 2.35. The number of aliphatic hydroxyl groups is 1. The number of ether oxygens (including phenoxy) is 1. The van der Waals surface area contributed by atoms with Crippen LogP contribution in [0.25, 0.3) is 0 Å². The highest BCUT2D eigenvalue weighted by Crippen LogP contribution is 2.27. The quantitative estimate of drug-likeness (QED) is 0.505. The van der Waals surface area contributed by atoms with Gasteiger partial charge in [0.1, 0.15) is 0 Å². The molecule has 0 aromatic carbocycles. The number of carbonyl (C=O) groups excluding carboxylic acids is 1. The van der Waals surface area contributed by atoms with Gasteiger partial charge in [-0.05, 0) is 12.8 Å². The zero-order chi connectivity index (χ0) is 6.85. The standard InChI is InChI=1S/C6H10O3/c1-9-6(8)4-2-3-5(4)7/h4-5,7H,2-3H2,1H3. The molecule has 0 spiro atoms. The molecule has 1 aliphatic carbocycles. The van der Waals surface area contributed by atoms with Crippen molar-refractivity contribution in [1.82, 2.24) is 0 Å². The van der Waals surface area contributed by atoms with Gasteiger partial charge in [0.05, 0.1) is 19.1 Å². The first-order valence-electron chi connectivity index (χ1n) is 3.01. The Hall–Kier alpha value is -0.570. The number of methoxy groups -OCH3 is 1. The third-order valence-corrected chi connectivity index (χ3v) is 1.74. The molecule has 9 heavy (non-hydrogen) atoms. The minimum absolute atomic E-state index is 0.241. The van der Waals surface area contributed by atoms with Gasteiger partial charge >= 0.3 is 5.97 Å². The molecule has 0 heterocycles. The molecular weight excluding hydrogens is 120 g/mol. The molecule has 0 amide bonds. The molecule has 0 aromatic rings. The smallest absolute Gasteiger partial charge is 0.311 e. The third-order valence-electron chi connectivity index (χ3n) is 1.74. The first kappa shape index (κ1) is 6.55. The lowest BCUT2D eigenvalue weighted by atomic mass is 9.82. The van der Waals surface area contributed by atoms with Crippen molar-refractivity contribution in [2.75, 3.05) is 7.11 Å². The first-order chi connectivity index (χ1) is 4.25. The number of aliphatic hydroxyl groups excluding tert-OH is 1. The lowest BCUT2D eigenvalue weighted by Gasteiger charge is -2.29. The molecule has 0 saturated heterocycles. The summed E-state index contributed by atoms with van der Waals surface area (Å²) in [6.45, 7) is 0. The van der Waals surface area contributed by atoms with Crippen molar-refractivity contribution in [3.05, 3.63) is 0 Å². The minimum atomic E-state index is -0.447. The van der Waals surface area contributed by atoms with E-state index in [9.17, 15) is 4.79 Å². The van der Waals surface area contributed by atoms with Crippen LogP contribution in [0.3, 0.4) is 0 Å². The van der Waals surface area contributed by atoms with Gasteiger partial charge in [0.15, 0.2) is 0 Å². The lowest BCUT2D eigenvalue weighted by molar-refractivity contribution is -0.155. The summed E-state index contributed by atoms with van der Waals surface area (Å²) in [6.07, 6.45) is 1.06. The van der Waals surface area contributed by atoms with Crippen molar-refractivity contribution < 1.29 is 14.6 Å². The van der Waals surface area contributed by atoms with Gasteiger partial charge in [-0.1, -0.05) is 0 Å². The minimum Gasteiger partial charge on any atom is -0.469 e. The fraction of sp³-hybridized carbons (Fsp3) is 0.833. The van der Waals surface area contributed by atoms with Gasteiger partial charge in [-0.2, -0.15) is 0 Å². The normalized spacial score (nSPS) is 33.1. The Morgan fingerprint density at radius 1 is 1.67 bits per heavy atom. The Bertz CT molecular complexity index is 121. The van der Waals surface area contributed by atoms with Gasteiger partial charge in [-0.15, -0.1) is 0 Å². The van der Waals surface area contributed by atoms with Crippen LogP contribution in [0.5, 0.6) is 0 Å². The number of carbonyl (C=O) groups is 1. The van der Waals surface area contributed by atoms with Crippen molar-refractivity contribution >= 4 is 5.97 Å². The molecule has 0 aliphatic heterocycles. The van der Waals surface area contributed by atoms with E-state index in [1.165, 1.54) is 7.11 Å². The Balaban J connectivity index is 2.35. The van der Waals surface area contributed by atoms with Gasteiger partial charge in [-0.25, -0.2) is 0 Å². The van der Waals surface area contributed by atoms with Crippen molar-refractivity contribution in [2.45, 2.75) is 18.9 Å². The van der Waals surface area contributed by atoms with Gasteiger partial charge in [0.25, 0.3) is 0 Å². The van der Waals surface area contributed by atoms with E-state index in [0.717, 1.165) is 12.8 Å². The molecule has 1 aliphatic rings. The highest BCUT2D eigenvalue weighted by Gasteiger charge is 2.35. The topological polar surface area (TPSA) is 46.5 Å². The molecule has 0 radical (unpaired) electrons. The van der Waals surface area contributed by atoms with Crippen LogP contribution in [0.4, 0.5) is 0 Å². The Morgan fingerprint density at radius 2 is 2.33 bits per heavy atom. The van der Waals surface area contributed by atoms with Gasteiger partial charge in [0.2, 0.25) is 0 Å². The molecule has 3 heteroatoms. The van der Waals surface area contributed by atoms with E-state index in [1.807, 2.05) is 0 Å². The summed E-state index contributed by atoms with van der Waals surface area (Å²) in [6, 6.07) is 0. The van der Waals surface area contributed by atoms with Crippen LogP contribution in [0, 0.1) is 5.92 Å². The lowest BCUT2D eigenvalue weighted by Crippen LogP contribution is -2.37. The molecule has 1 N–H and O–H groups in total. The zero-order valence-electron chi connectivity index (χ0n) is 5.33. The highest BCUT2D eigenvalue weighted by molar-refractivity contribution is 5.73. The summed E-state index contributed by atoms with van der Waals surface area (Å²) in [4.78, 5) is 10.6. The average molecular weight is 130 g/mol. The molecule has 2 atom stereocenters. The van der Waals surface area contributed by atoms with Gasteiger partial charge < -0.3 is 9.84 Å². The summed E-state index contributed by atoms with van der Waals surface area (Å²) in [5, 5.41) is 8.91. The summed E-state index contributed by atoms with van der Waals surface area (Å²) < 4.78 is 4.43. The monoisotopic (exact) mass is 130 g/mol. The van der Waals surface area contributed by atoms with Crippen LogP contribution in [0.2, 0.25) is 0 Å². The second-order valence-corrected chi connectivity index (χ2v) is 2.27. The van der Waals surface area contributed by atoms with E-state index in [1.54, 1.807) is 0 Å². The van der Waals surface area contributed by atoms with Crippen LogP contribution in [0.15, 0.2) is 0 Å². The molecular formula is C6H10O3. The molecule has 3 nitrogen and oxygen atoms in total. The number of hydrogen-bond acceptors (Lipinski definition) is 3. The number of rotatable bonds is 1. The molecule has 1 saturated carbocycles. The van der Waals surface area contributed by atoms with Crippen LogP contribution in [0.1, 0.15) is 12.8 Å². The van der Waals surface area contributed by atoms with Crippen LogP contribution in [-0.4, -0.2) is 24.3 Å². The maximum absolute atomic E-state index is 10.6. The summed E-state index contributed by atoms with van der Waals surface area (Å²) >= 11 is 0. The van der Waals surface area contributed by atoms with E-state index in [4.69, 9.17) is 5.11 Å². The van der Waals surface area contributed by atoms with Crippen molar-refractivity contribution in [3.8, 4) is 0 Å². The second-order valence-electron chi connectivity index (χ2n) is 2.27. The van der Waals surface area contributed by atoms with E-state index in [0.29, 0.717) is 0 Å². The fourth-order valence-electron chi connectivity index (χ4n) is 0.909. The Kier molecular flexibility index (Phi) is 1.71. The third kappa shape index (κ3) is 1.05.